The average molecular weight is 204 g/mol. The zero-order valence-corrected chi connectivity index (χ0v) is 10.4. The number of rotatable bonds is 2. The maximum absolute atomic E-state index is 2.28. The van der Waals surface area contributed by atoms with E-state index in [1.54, 1.807) is 5.56 Å². The van der Waals surface area contributed by atoms with E-state index in [1.807, 2.05) is 0 Å². The van der Waals surface area contributed by atoms with Gasteiger partial charge in [-0.05, 0) is 31.2 Å². The maximum Gasteiger partial charge on any atom is -0.0162 e. The minimum absolute atomic E-state index is 0.885. The molecule has 1 aliphatic rings. The molecule has 0 amide bonds. The highest BCUT2D eigenvalue weighted by Crippen LogP contribution is 2.36. The zero-order chi connectivity index (χ0) is 11.1. The summed E-state index contributed by atoms with van der Waals surface area (Å²) in [5.41, 5.74) is 2.91. The van der Waals surface area contributed by atoms with Crippen molar-refractivity contribution in [2.75, 3.05) is 0 Å². The second kappa shape index (κ2) is 6.66. The molecule has 0 spiro atoms. The quantitative estimate of drug-likeness (QED) is 0.631. The first-order chi connectivity index (χ1) is 7.27. The van der Waals surface area contributed by atoms with Crippen LogP contribution in [0, 0.1) is 6.92 Å². The van der Waals surface area contributed by atoms with Crippen molar-refractivity contribution in [2.45, 2.75) is 58.8 Å². The number of hydrogen-bond donors (Lipinski definition) is 0. The molecule has 0 heterocycles. The predicted octanol–water partition coefficient (Wildman–Crippen LogP) is 5.07. The molecule has 0 unspecified atom stereocenters. The van der Waals surface area contributed by atoms with Crippen molar-refractivity contribution >= 4 is 0 Å². The van der Waals surface area contributed by atoms with Crippen LogP contribution in [0.1, 0.15) is 63.0 Å². The molecule has 0 heteroatoms. The van der Waals surface area contributed by atoms with Gasteiger partial charge in [0.05, 0.1) is 0 Å². The fraction of sp³-hybridized carbons (Fsp3) is 0.600. The lowest BCUT2D eigenvalue weighted by Gasteiger charge is -2.25. The molecule has 1 fully saturated rings. The van der Waals surface area contributed by atoms with Crippen molar-refractivity contribution < 1.29 is 0 Å². The van der Waals surface area contributed by atoms with Gasteiger partial charge in [-0.2, -0.15) is 0 Å². The molecule has 1 aromatic carbocycles. The Balaban J connectivity index is 0.000000245. The Morgan fingerprint density at radius 3 is 1.87 bits per heavy atom. The van der Waals surface area contributed by atoms with E-state index in [4.69, 9.17) is 0 Å². The lowest BCUT2D eigenvalue weighted by molar-refractivity contribution is 0.420. The molecule has 0 radical (unpaired) electrons. The SMILES string of the molecule is CCCC.Cc1ccc(C2CCC2)cc1. The van der Waals surface area contributed by atoms with Crippen LogP contribution in [0.3, 0.4) is 0 Å². The first kappa shape index (κ1) is 12.3. The molecule has 1 aliphatic carbocycles. The summed E-state index contributed by atoms with van der Waals surface area (Å²) in [5, 5.41) is 0. The Bertz CT molecular complexity index is 252. The molecule has 1 saturated carbocycles. The first-order valence-corrected chi connectivity index (χ1v) is 6.34. The van der Waals surface area contributed by atoms with Crippen molar-refractivity contribution in [2.24, 2.45) is 0 Å². The van der Waals surface area contributed by atoms with E-state index in [-0.39, 0.29) is 0 Å². The van der Waals surface area contributed by atoms with Crippen molar-refractivity contribution in [1.29, 1.82) is 0 Å². The molecular formula is C15H24. The smallest absolute Gasteiger partial charge is 0.0162 e. The van der Waals surface area contributed by atoms with Gasteiger partial charge < -0.3 is 0 Å². The van der Waals surface area contributed by atoms with Gasteiger partial charge in [-0.25, -0.2) is 0 Å². The fourth-order valence-corrected chi connectivity index (χ4v) is 1.58. The van der Waals surface area contributed by atoms with Gasteiger partial charge in [0, 0.05) is 0 Å². The van der Waals surface area contributed by atoms with Crippen molar-refractivity contribution in [3.8, 4) is 0 Å². The summed E-state index contributed by atoms with van der Waals surface area (Å²) in [6, 6.07) is 8.99. The topological polar surface area (TPSA) is 0 Å². The van der Waals surface area contributed by atoms with Crippen LogP contribution in [0.5, 0.6) is 0 Å². The Morgan fingerprint density at radius 2 is 1.53 bits per heavy atom. The van der Waals surface area contributed by atoms with Gasteiger partial charge in [0.25, 0.3) is 0 Å². The average Bonchev–Trinajstić information content (AvgIpc) is 2.19. The molecule has 84 valence electrons. The molecule has 0 N–H and O–H groups in total. The van der Waals surface area contributed by atoms with Gasteiger partial charge in [0.2, 0.25) is 0 Å². The van der Waals surface area contributed by atoms with Gasteiger partial charge >= 0.3 is 0 Å². The fourth-order valence-electron chi connectivity index (χ4n) is 1.58. The minimum Gasteiger partial charge on any atom is -0.0654 e. The summed E-state index contributed by atoms with van der Waals surface area (Å²) in [7, 11) is 0. The van der Waals surface area contributed by atoms with Crippen LogP contribution < -0.4 is 0 Å². The first-order valence-electron chi connectivity index (χ1n) is 6.34. The summed E-state index contributed by atoms with van der Waals surface area (Å²) < 4.78 is 0. The molecule has 15 heavy (non-hydrogen) atoms. The third-order valence-corrected chi connectivity index (χ3v) is 3.15. The van der Waals surface area contributed by atoms with E-state index in [0.717, 1.165) is 5.92 Å². The monoisotopic (exact) mass is 204 g/mol. The predicted molar refractivity (Wildman–Crippen MR) is 68.4 cm³/mol. The van der Waals surface area contributed by atoms with Crippen LogP contribution >= 0.6 is 0 Å². The third-order valence-electron chi connectivity index (χ3n) is 3.15. The van der Waals surface area contributed by atoms with Crippen molar-refractivity contribution in [3.05, 3.63) is 35.4 Å². The molecule has 0 nitrogen and oxygen atoms in total. The van der Waals surface area contributed by atoms with Gasteiger partial charge in [0.15, 0.2) is 0 Å². The molecule has 2 rings (SSSR count). The number of unbranched alkanes of at least 4 members (excludes halogenated alkanes) is 1. The van der Waals surface area contributed by atoms with Gasteiger partial charge in [0.1, 0.15) is 0 Å². The Hall–Kier alpha value is -0.780. The third kappa shape index (κ3) is 4.07. The highest BCUT2D eigenvalue weighted by molar-refractivity contribution is 5.25. The highest BCUT2D eigenvalue weighted by Gasteiger charge is 2.18. The van der Waals surface area contributed by atoms with Crippen LogP contribution in [-0.2, 0) is 0 Å². The Labute approximate surface area is 94.7 Å². The number of hydrogen-bond acceptors (Lipinski definition) is 0. The van der Waals surface area contributed by atoms with Gasteiger partial charge in [-0.15, -0.1) is 0 Å². The summed E-state index contributed by atoms with van der Waals surface area (Å²) >= 11 is 0. The Morgan fingerprint density at radius 1 is 1.00 bits per heavy atom. The van der Waals surface area contributed by atoms with E-state index < -0.39 is 0 Å². The standard InChI is InChI=1S/C11H14.C4H10/c1-9-5-7-11(8-6-9)10-3-2-4-10;1-3-4-2/h5-8,10H,2-4H2,1H3;3-4H2,1-2H3. The van der Waals surface area contributed by atoms with Gasteiger partial charge in [-0.3, -0.25) is 0 Å². The summed E-state index contributed by atoms with van der Waals surface area (Å²) in [4.78, 5) is 0. The van der Waals surface area contributed by atoms with E-state index in [9.17, 15) is 0 Å². The number of benzene rings is 1. The summed E-state index contributed by atoms with van der Waals surface area (Å²) in [6.45, 7) is 6.50. The van der Waals surface area contributed by atoms with Crippen molar-refractivity contribution in [1.82, 2.24) is 0 Å². The largest absolute Gasteiger partial charge is 0.0654 e. The zero-order valence-electron chi connectivity index (χ0n) is 10.4. The lowest BCUT2D eigenvalue weighted by Crippen LogP contribution is -2.08. The highest BCUT2D eigenvalue weighted by atomic mass is 14.2. The molecule has 1 aromatic rings. The summed E-state index contributed by atoms with van der Waals surface area (Å²) in [6.07, 6.45) is 6.88. The molecule has 0 bridgehead atoms. The van der Waals surface area contributed by atoms with Crippen LogP contribution in [0.2, 0.25) is 0 Å². The lowest BCUT2D eigenvalue weighted by atomic mass is 9.80. The number of aryl methyl sites for hydroxylation is 1. The molecular weight excluding hydrogens is 180 g/mol. The summed E-state index contributed by atoms with van der Waals surface area (Å²) in [5.74, 6) is 0.885. The van der Waals surface area contributed by atoms with Crippen LogP contribution in [0.25, 0.3) is 0 Å². The molecule has 0 aliphatic heterocycles. The van der Waals surface area contributed by atoms with Crippen LogP contribution in [0.4, 0.5) is 0 Å². The molecule has 0 aromatic heterocycles. The normalized spacial score (nSPS) is 15.1. The van der Waals surface area contributed by atoms with E-state index in [0.29, 0.717) is 0 Å². The minimum atomic E-state index is 0.885. The molecule has 0 atom stereocenters. The van der Waals surface area contributed by atoms with E-state index in [1.165, 1.54) is 37.7 Å². The van der Waals surface area contributed by atoms with Crippen molar-refractivity contribution in [3.63, 3.8) is 0 Å². The Kier molecular flexibility index (Phi) is 5.45. The van der Waals surface area contributed by atoms with Crippen LogP contribution in [-0.4, -0.2) is 0 Å². The second-order valence-corrected chi connectivity index (χ2v) is 4.54. The maximum atomic E-state index is 2.28. The second-order valence-electron chi connectivity index (χ2n) is 4.54. The van der Waals surface area contributed by atoms with Crippen LogP contribution in [0.15, 0.2) is 24.3 Å². The van der Waals surface area contributed by atoms with E-state index >= 15 is 0 Å². The van der Waals surface area contributed by atoms with Gasteiger partial charge in [-0.1, -0.05) is 62.9 Å². The van der Waals surface area contributed by atoms with E-state index in [2.05, 4.69) is 45.0 Å². The molecule has 0 saturated heterocycles.